The molecule has 1 atom stereocenters. The number of amides is 2. The summed E-state index contributed by atoms with van der Waals surface area (Å²) in [6.07, 6.45) is 0.441. The lowest BCUT2D eigenvalue weighted by atomic mass is 10.2. The molecule has 0 aromatic carbocycles. The number of nitrogens with one attached hydrogen (secondary N) is 1. The van der Waals surface area contributed by atoms with Crippen LogP contribution in [0.25, 0.3) is 0 Å². The van der Waals surface area contributed by atoms with Crippen molar-refractivity contribution in [2.24, 2.45) is 0 Å². The summed E-state index contributed by atoms with van der Waals surface area (Å²) in [4.78, 5) is 23.1. The molecule has 0 aliphatic carbocycles. The molecule has 1 aliphatic rings. The summed E-state index contributed by atoms with van der Waals surface area (Å²) >= 11 is 0. The number of likely N-dealkylation sites (N-methyl/N-ethyl adjacent to an activating group) is 1. The zero-order valence-electron chi connectivity index (χ0n) is 6.76. The molecule has 1 heterocycles. The first-order valence-corrected chi connectivity index (χ1v) is 3.60. The van der Waals surface area contributed by atoms with Crippen molar-refractivity contribution in [2.75, 3.05) is 13.6 Å². The fraction of sp³-hybridized carbons (Fsp3) is 0.714. The number of likely N-dealkylation sites (tertiary alicyclic amines) is 1. The highest BCUT2D eigenvalue weighted by atomic mass is 16.2. The van der Waals surface area contributed by atoms with Crippen LogP contribution in [0.5, 0.6) is 0 Å². The van der Waals surface area contributed by atoms with E-state index in [1.165, 1.54) is 6.92 Å². The molecule has 4 nitrogen and oxygen atoms in total. The topological polar surface area (TPSA) is 49.4 Å². The van der Waals surface area contributed by atoms with Crippen molar-refractivity contribution in [1.82, 2.24) is 10.2 Å². The summed E-state index contributed by atoms with van der Waals surface area (Å²) in [5, 5.41) is 2.70. The molecular formula is C7H12N2O2. The Kier molecular flexibility index (Phi) is 2.12. The molecule has 2 amide bonds. The molecule has 0 aromatic heterocycles. The van der Waals surface area contributed by atoms with Gasteiger partial charge in [0, 0.05) is 26.9 Å². The fourth-order valence-electron chi connectivity index (χ4n) is 1.25. The van der Waals surface area contributed by atoms with Crippen LogP contribution in [0.1, 0.15) is 13.3 Å². The van der Waals surface area contributed by atoms with E-state index in [0.717, 1.165) is 0 Å². The van der Waals surface area contributed by atoms with Crippen molar-refractivity contribution >= 4 is 11.8 Å². The molecule has 1 rings (SSSR count). The first kappa shape index (κ1) is 8.04. The number of hydrogen-bond acceptors (Lipinski definition) is 2. The lowest BCUT2D eigenvalue weighted by Gasteiger charge is -2.09. The van der Waals surface area contributed by atoms with Gasteiger partial charge in [-0.1, -0.05) is 0 Å². The number of rotatable bonds is 1. The fourth-order valence-corrected chi connectivity index (χ4v) is 1.25. The summed E-state index contributed by atoms with van der Waals surface area (Å²) in [6, 6.07) is 0.0185. The maximum absolute atomic E-state index is 10.9. The van der Waals surface area contributed by atoms with Gasteiger partial charge in [-0.3, -0.25) is 9.59 Å². The monoisotopic (exact) mass is 156 g/mol. The Bertz CT molecular complexity index is 189. The van der Waals surface area contributed by atoms with Gasteiger partial charge in [-0.15, -0.1) is 0 Å². The van der Waals surface area contributed by atoms with Crippen LogP contribution in [0.15, 0.2) is 0 Å². The molecule has 0 spiro atoms. The second-order valence-corrected chi connectivity index (χ2v) is 2.88. The van der Waals surface area contributed by atoms with Crippen LogP contribution in [-0.4, -0.2) is 36.3 Å². The summed E-state index contributed by atoms with van der Waals surface area (Å²) in [5.74, 6) is 0.0295. The Morgan fingerprint density at radius 2 is 2.36 bits per heavy atom. The first-order valence-electron chi connectivity index (χ1n) is 3.60. The molecule has 1 unspecified atom stereocenters. The molecule has 1 fully saturated rings. The predicted octanol–water partition coefficient (Wildman–Crippen LogP) is -0.647. The number of hydrogen-bond donors (Lipinski definition) is 1. The molecular weight excluding hydrogens is 144 g/mol. The molecule has 1 saturated heterocycles. The van der Waals surface area contributed by atoms with Crippen molar-refractivity contribution in [2.45, 2.75) is 19.4 Å². The van der Waals surface area contributed by atoms with Gasteiger partial charge in [0.15, 0.2) is 0 Å². The average Bonchev–Trinajstić information content (AvgIpc) is 2.10. The predicted molar refractivity (Wildman–Crippen MR) is 39.9 cm³/mol. The van der Waals surface area contributed by atoms with Crippen LogP contribution < -0.4 is 5.32 Å². The highest BCUT2D eigenvalue weighted by Crippen LogP contribution is 2.07. The summed E-state index contributed by atoms with van der Waals surface area (Å²) < 4.78 is 0. The molecule has 62 valence electrons. The van der Waals surface area contributed by atoms with Crippen LogP contribution in [0, 0.1) is 0 Å². The Labute approximate surface area is 65.6 Å². The minimum atomic E-state index is -0.0712. The lowest BCUT2D eigenvalue weighted by molar-refractivity contribution is -0.126. The first-order chi connectivity index (χ1) is 5.09. The third-order valence-corrected chi connectivity index (χ3v) is 1.75. The minimum Gasteiger partial charge on any atom is -0.351 e. The van der Waals surface area contributed by atoms with Gasteiger partial charge in [-0.25, -0.2) is 0 Å². The molecule has 0 radical (unpaired) electrons. The van der Waals surface area contributed by atoms with Crippen LogP contribution in [0.3, 0.4) is 0 Å². The maximum atomic E-state index is 10.9. The van der Waals surface area contributed by atoms with Crippen molar-refractivity contribution in [1.29, 1.82) is 0 Å². The average molecular weight is 156 g/mol. The Hall–Kier alpha value is -1.06. The summed E-state index contributed by atoms with van der Waals surface area (Å²) in [5.41, 5.74) is 0. The molecule has 0 bridgehead atoms. The van der Waals surface area contributed by atoms with E-state index in [9.17, 15) is 9.59 Å². The second kappa shape index (κ2) is 2.90. The summed E-state index contributed by atoms with van der Waals surface area (Å²) in [6.45, 7) is 2.10. The highest BCUT2D eigenvalue weighted by molar-refractivity contribution is 5.81. The van der Waals surface area contributed by atoms with Gasteiger partial charge in [0.2, 0.25) is 11.8 Å². The van der Waals surface area contributed by atoms with Crippen molar-refractivity contribution < 1.29 is 9.59 Å². The van der Waals surface area contributed by atoms with Gasteiger partial charge in [-0.05, 0) is 0 Å². The number of carbonyl (C=O) groups is 2. The normalized spacial score (nSPS) is 24.0. The molecule has 4 heteroatoms. The van der Waals surface area contributed by atoms with Gasteiger partial charge >= 0.3 is 0 Å². The summed E-state index contributed by atoms with van der Waals surface area (Å²) in [7, 11) is 1.74. The van der Waals surface area contributed by atoms with E-state index >= 15 is 0 Å². The van der Waals surface area contributed by atoms with Gasteiger partial charge in [0.05, 0.1) is 6.04 Å². The van der Waals surface area contributed by atoms with Crippen molar-refractivity contribution in [3.8, 4) is 0 Å². The van der Waals surface area contributed by atoms with E-state index in [2.05, 4.69) is 5.32 Å². The Morgan fingerprint density at radius 3 is 2.73 bits per heavy atom. The van der Waals surface area contributed by atoms with Crippen molar-refractivity contribution in [3.05, 3.63) is 0 Å². The quantitative estimate of drug-likeness (QED) is 0.548. The smallest absolute Gasteiger partial charge is 0.224 e. The molecule has 1 N–H and O–H groups in total. The Balaban J connectivity index is 2.41. The highest BCUT2D eigenvalue weighted by Gasteiger charge is 2.26. The van der Waals surface area contributed by atoms with E-state index in [1.54, 1.807) is 11.9 Å². The van der Waals surface area contributed by atoms with Gasteiger partial charge in [0.1, 0.15) is 0 Å². The second-order valence-electron chi connectivity index (χ2n) is 2.88. The Morgan fingerprint density at radius 1 is 1.73 bits per heavy atom. The van der Waals surface area contributed by atoms with Crippen molar-refractivity contribution in [3.63, 3.8) is 0 Å². The zero-order chi connectivity index (χ0) is 8.43. The molecule has 0 aromatic rings. The third kappa shape index (κ3) is 1.93. The van der Waals surface area contributed by atoms with E-state index in [1.807, 2.05) is 0 Å². The standard InChI is InChI=1S/C7H12N2O2/c1-5(10)8-6-3-7(11)9(2)4-6/h6H,3-4H2,1-2H3,(H,8,10). The van der Waals surface area contributed by atoms with Crippen LogP contribution in [-0.2, 0) is 9.59 Å². The van der Waals surface area contributed by atoms with Crippen LogP contribution >= 0.6 is 0 Å². The van der Waals surface area contributed by atoms with Gasteiger partial charge in [0.25, 0.3) is 0 Å². The largest absolute Gasteiger partial charge is 0.351 e. The lowest BCUT2D eigenvalue weighted by Crippen LogP contribution is -2.34. The third-order valence-electron chi connectivity index (χ3n) is 1.75. The van der Waals surface area contributed by atoms with E-state index < -0.39 is 0 Å². The van der Waals surface area contributed by atoms with Gasteiger partial charge in [-0.2, -0.15) is 0 Å². The van der Waals surface area contributed by atoms with Crippen LogP contribution in [0.2, 0.25) is 0 Å². The van der Waals surface area contributed by atoms with Gasteiger partial charge < -0.3 is 10.2 Å². The number of nitrogens with zero attached hydrogens (tertiary/aromatic N) is 1. The van der Waals surface area contributed by atoms with E-state index in [4.69, 9.17) is 0 Å². The molecule has 11 heavy (non-hydrogen) atoms. The van der Waals surface area contributed by atoms with E-state index in [0.29, 0.717) is 13.0 Å². The molecule has 1 aliphatic heterocycles. The van der Waals surface area contributed by atoms with Crippen LogP contribution in [0.4, 0.5) is 0 Å². The maximum Gasteiger partial charge on any atom is 0.224 e. The zero-order valence-corrected chi connectivity index (χ0v) is 6.76. The molecule has 0 saturated carbocycles. The SMILES string of the molecule is CC(=O)NC1CC(=O)N(C)C1. The minimum absolute atomic E-state index is 0.0185. The number of carbonyl (C=O) groups excluding carboxylic acids is 2. The van der Waals surface area contributed by atoms with E-state index in [-0.39, 0.29) is 17.9 Å².